The van der Waals surface area contributed by atoms with Gasteiger partial charge in [0.05, 0.1) is 5.56 Å². The van der Waals surface area contributed by atoms with Gasteiger partial charge in [0.2, 0.25) is 11.9 Å². The van der Waals surface area contributed by atoms with Gasteiger partial charge in [-0.25, -0.2) is 18.3 Å². The van der Waals surface area contributed by atoms with Crippen LogP contribution in [0.4, 0.5) is 8.78 Å². The minimum absolute atomic E-state index is 0.0108. The number of rotatable bonds is 1. The summed E-state index contributed by atoms with van der Waals surface area (Å²) >= 11 is 0. The van der Waals surface area contributed by atoms with Crippen molar-refractivity contribution >= 4 is 6.72 Å². The van der Waals surface area contributed by atoms with Gasteiger partial charge in [-0.2, -0.15) is 0 Å². The van der Waals surface area contributed by atoms with Crippen molar-refractivity contribution in [3.05, 3.63) is 23.4 Å². The van der Waals surface area contributed by atoms with Crippen LogP contribution in [-0.4, -0.2) is 28.9 Å². The second kappa shape index (κ2) is 3.75. The molecule has 3 heterocycles. The van der Waals surface area contributed by atoms with E-state index >= 15 is 0 Å². The van der Waals surface area contributed by atoms with E-state index in [1.165, 1.54) is 6.07 Å². The summed E-state index contributed by atoms with van der Waals surface area (Å²) in [5.41, 5.74) is 0.659. The largest absolute Gasteiger partial charge is 0.466 e. The number of fused-ring (bicyclic) bond motifs is 3. The summed E-state index contributed by atoms with van der Waals surface area (Å²) in [7, 11) is 0. The molecule has 1 aromatic heterocycles. The van der Waals surface area contributed by atoms with Crippen LogP contribution in [0, 0.1) is 0 Å². The van der Waals surface area contributed by atoms with Crippen LogP contribution in [0.1, 0.15) is 36.6 Å². The third-order valence-corrected chi connectivity index (χ3v) is 3.40. The smallest absolute Gasteiger partial charge is 0.280 e. The van der Waals surface area contributed by atoms with Crippen molar-refractivity contribution in [2.24, 2.45) is 0 Å². The Bertz CT molecular complexity index is 476. The number of nitrogens with zero attached hydrogens (tertiary/aromatic N) is 2. The summed E-state index contributed by atoms with van der Waals surface area (Å²) < 4.78 is 32.7. The molecule has 0 N–H and O–H groups in total. The average molecular weight is 239 g/mol. The minimum atomic E-state index is -2.55. The van der Waals surface area contributed by atoms with E-state index in [-0.39, 0.29) is 17.8 Å². The fourth-order valence-corrected chi connectivity index (χ4v) is 2.60. The predicted octanol–water partition coefficient (Wildman–Crippen LogP) is 2.33. The number of pyridine rings is 1. The molecular weight excluding hydrogens is 226 g/mol. The zero-order chi connectivity index (χ0) is 12.0. The van der Waals surface area contributed by atoms with E-state index in [1.54, 1.807) is 6.07 Å². The molecule has 5 heteroatoms. The van der Waals surface area contributed by atoms with Gasteiger partial charge in [-0.3, -0.25) is 0 Å². The lowest BCUT2D eigenvalue weighted by atomic mass is 9.97. The molecule has 0 radical (unpaired) electrons. The SMILES string of the molecule is C=[N+]1CCC[C@@H]2Oc3nc(C(F)F)ccc3[C@@H]21. The van der Waals surface area contributed by atoms with E-state index in [9.17, 15) is 8.78 Å². The summed E-state index contributed by atoms with van der Waals surface area (Å²) in [6.45, 7) is 4.88. The summed E-state index contributed by atoms with van der Waals surface area (Å²) in [5.74, 6) is 0.355. The summed E-state index contributed by atoms with van der Waals surface area (Å²) in [6, 6.07) is 3.13. The van der Waals surface area contributed by atoms with Gasteiger partial charge in [0.25, 0.3) is 6.43 Å². The molecule has 90 valence electrons. The molecule has 2 atom stereocenters. The van der Waals surface area contributed by atoms with Crippen molar-refractivity contribution in [3.8, 4) is 5.88 Å². The summed E-state index contributed by atoms with van der Waals surface area (Å²) in [4.78, 5) is 3.88. The molecule has 2 aliphatic heterocycles. The molecule has 0 bridgehead atoms. The Labute approximate surface area is 97.7 Å². The Hall–Kier alpha value is -1.52. The van der Waals surface area contributed by atoms with Crippen LogP contribution in [0.2, 0.25) is 0 Å². The maximum absolute atomic E-state index is 12.5. The third-order valence-electron chi connectivity index (χ3n) is 3.40. The van der Waals surface area contributed by atoms with E-state index in [4.69, 9.17) is 4.74 Å². The first-order valence-electron chi connectivity index (χ1n) is 5.69. The lowest BCUT2D eigenvalue weighted by Crippen LogP contribution is -2.34. The summed E-state index contributed by atoms with van der Waals surface area (Å²) in [6.07, 6.45) is -0.601. The van der Waals surface area contributed by atoms with Crippen LogP contribution >= 0.6 is 0 Å². The van der Waals surface area contributed by atoms with E-state index in [1.807, 2.05) is 4.58 Å². The first-order chi connectivity index (χ1) is 8.16. The predicted molar refractivity (Wildman–Crippen MR) is 57.8 cm³/mol. The molecule has 0 spiro atoms. The molecule has 0 saturated carbocycles. The Morgan fingerprint density at radius 3 is 3.06 bits per heavy atom. The van der Waals surface area contributed by atoms with E-state index in [0.29, 0.717) is 5.88 Å². The van der Waals surface area contributed by atoms with Crippen molar-refractivity contribution in [1.82, 2.24) is 4.98 Å². The molecular formula is C12H13F2N2O+. The maximum Gasteiger partial charge on any atom is 0.280 e. The Balaban J connectivity index is 2.00. The van der Waals surface area contributed by atoms with Gasteiger partial charge >= 0.3 is 0 Å². The van der Waals surface area contributed by atoms with E-state index in [2.05, 4.69) is 11.7 Å². The van der Waals surface area contributed by atoms with Gasteiger partial charge in [0.1, 0.15) is 19.0 Å². The molecule has 0 amide bonds. The zero-order valence-electron chi connectivity index (χ0n) is 9.27. The lowest BCUT2D eigenvalue weighted by molar-refractivity contribution is -0.581. The molecule has 0 aliphatic carbocycles. The van der Waals surface area contributed by atoms with Crippen LogP contribution in [0.15, 0.2) is 12.1 Å². The van der Waals surface area contributed by atoms with Gasteiger partial charge in [-0.1, -0.05) is 0 Å². The van der Waals surface area contributed by atoms with Crippen LogP contribution in [0.25, 0.3) is 0 Å². The quantitative estimate of drug-likeness (QED) is 0.703. The standard InChI is InChI=1S/C12H13F2N2O/c1-16-6-2-3-9-10(16)7-4-5-8(11(13)14)15-12(7)17-9/h4-5,9-11H,1-3,6H2/q+1/t9-,10-/m0/s1. The zero-order valence-corrected chi connectivity index (χ0v) is 9.27. The number of piperidine rings is 1. The highest BCUT2D eigenvalue weighted by molar-refractivity contribution is 5.36. The normalized spacial score (nSPS) is 26.6. The van der Waals surface area contributed by atoms with Crippen LogP contribution in [-0.2, 0) is 0 Å². The van der Waals surface area contributed by atoms with Gasteiger partial charge in [0, 0.05) is 6.42 Å². The van der Waals surface area contributed by atoms with Crippen molar-refractivity contribution in [1.29, 1.82) is 0 Å². The first kappa shape index (κ1) is 10.6. The molecule has 3 rings (SSSR count). The number of ether oxygens (including phenoxy) is 1. The Kier molecular flexibility index (Phi) is 2.34. The van der Waals surface area contributed by atoms with E-state index in [0.717, 1.165) is 24.9 Å². The second-order valence-corrected chi connectivity index (χ2v) is 4.49. The van der Waals surface area contributed by atoms with Crippen molar-refractivity contribution < 1.29 is 18.1 Å². The van der Waals surface area contributed by atoms with Crippen molar-refractivity contribution in [2.45, 2.75) is 31.4 Å². The highest BCUT2D eigenvalue weighted by Crippen LogP contribution is 2.41. The number of hydrogen-bond donors (Lipinski definition) is 0. The number of halogens is 2. The fourth-order valence-electron chi connectivity index (χ4n) is 2.60. The minimum Gasteiger partial charge on any atom is -0.466 e. The molecule has 0 unspecified atom stereocenters. The Morgan fingerprint density at radius 1 is 1.47 bits per heavy atom. The maximum atomic E-state index is 12.5. The fraction of sp³-hybridized carbons (Fsp3) is 0.500. The van der Waals surface area contributed by atoms with Gasteiger partial charge in [-0.15, -0.1) is 0 Å². The van der Waals surface area contributed by atoms with Crippen molar-refractivity contribution in [3.63, 3.8) is 0 Å². The van der Waals surface area contributed by atoms with Crippen LogP contribution in [0.5, 0.6) is 5.88 Å². The number of hydrogen-bond acceptors (Lipinski definition) is 2. The molecule has 1 aromatic rings. The molecule has 1 fully saturated rings. The second-order valence-electron chi connectivity index (χ2n) is 4.49. The molecule has 17 heavy (non-hydrogen) atoms. The highest BCUT2D eigenvalue weighted by Gasteiger charge is 2.45. The van der Waals surface area contributed by atoms with Crippen LogP contribution in [0.3, 0.4) is 0 Å². The first-order valence-corrected chi connectivity index (χ1v) is 5.69. The molecule has 3 nitrogen and oxygen atoms in total. The molecule has 2 aliphatic rings. The van der Waals surface area contributed by atoms with E-state index < -0.39 is 6.43 Å². The van der Waals surface area contributed by atoms with Gasteiger partial charge < -0.3 is 4.74 Å². The molecule has 0 aromatic carbocycles. The van der Waals surface area contributed by atoms with Gasteiger partial charge in [0.15, 0.2) is 6.10 Å². The van der Waals surface area contributed by atoms with Gasteiger partial charge in [-0.05, 0) is 18.6 Å². The number of aromatic nitrogens is 1. The topological polar surface area (TPSA) is 25.1 Å². The molecule has 1 saturated heterocycles. The number of alkyl halides is 2. The Morgan fingerprint density at radius 2 is 2.29 bits per heavy atom. The summed E-state index contributed by atoms with van der Waals surface area (Å²) in [5, 5.41) is 0. The average Bonchev–Trinajstić information content (AvgIpc) is 2.67. The van der Waals surface area contributed by atoms with Crippen molar-refractivity contribution in [2.75, 3.05) is 6.54 Å². The lowest BCUT2D eigenvalue weighted by Gasteiger charge is -2.21. The monoisotopic (exact) mass is 239 g/mol. The highest BCUT2D eigenvalue weighted by atomic mass is 19.3. The third kappa shape index (κ3) is 1.61. The van der Waals surface area contributed by atoms with Crippen LogP contribution < -0.4 is 4.74 Å².